The molecule has 0 radical (unpaired) electrons. The van der Waals surface area contributed by atoms with Crippen molar-refractivity contribution >= 4 is 29.3 Å². The van der Waals surface area contributed by atoms with Gasteiger partial charge in [-0.2, -0.15) is 0 Å². The lowest BCUT2D eigenvalue weighted by Gasteiger charge is -2.01. The van der Waals surface area contributed by atoms with Crippen LogP contribution in [0.2, 0.25) is 0 Å². The maximum atomic E-state index is 5.45. The fraction of sp³-hybridized carbons (Fsp3) is 0. The number of hydrogen-bond donors (Lipinski definition) is 2. The molecule has 0 saturated carbocycles. The average molecular weight is 221 g/mol. The highest BCUT2D eigenvalue weighted by molar-refractivity contribution is 5.90. The topological polar surface area (TPSA) is 52.0 Å². The van der Waals surface area contributed by atoms with E-state index >= 15 is 0 Å². The van der Waals surface area contributed by atoms with Gasteiger partial charge in [-0.1, -0.05) is 42.5 Å². The summed E-state index contributed by atoms with van der Waals surface area (Å²) in [5, 5.41) is 2.37. The van der Waals surface area contributed by atoms with Crippen LogP contribution in [0.1, 0.15) is 5.56 Å². The molecule has 0 aromatic heterocycles. The Labute approximate surface area is 95.0 Å². The summed E-state index contributed by atoms with van der Waals surface area (Å²) in [6, 6.07) is 14.2. The van der Waals surface area contributed by atoms with Gasteiger partial charge in [0.1, 0.15) is 0 Å². The first-order chi connectivity index (χ1) is 6.77. The average Bonchev–Trinajstić information content (AvgIpc) is 2.18. The van der Waals surface area contributed by atoms with Crippen LogP contribution in [0.25, 0.3) is 16.8 Å². The van der Waals surface area contributed by atoms with Crippen LogP contribution < -0.4 is 11.5 Å². The van der Waals surface area contributed by atoms with E-state index in [0.717, 1.165) is 5.56 Å². The monoisotopic (exact) mass is 220 g/mol. The highest BCUT2D eigenvalue weighted by Crippen LogP contribution is 2.19. The van der Waals surface area contributed by atoms with Gasteiger partial charge in [0.15, 0.2) is 0 Å². The number of rotatable bonds is 1. The Balaban J connectivity index is 0.00000112. The first-order valence-corrected chi connectivity index (χ1v) is 4.48. The SMILES string of the molecule is Cl.NC(N)=Cc1cccc2ccccc12. The summed E-state index contributed by atoms with van der Waals surface area (Å²) in [5.41, 5.74) is 12.0. The van der Waals surface area contributed by atoms with Crippen LogP contribution in [0.3, 0.4) is 0 Å². The number of nitrogens with two attached hydrogens (primary N) is 2. The van der Waals surface area contributed by atoms with Crippen LogP contribution in [-0.4, -0.2) is 0 Å². The summed E-state index contributed by atoms with van der Waals surface area (Å²) in [6.45, 7) is 0. The Morgan fingerprint density at radius 3 is 2.33 bits per heavy atom. The van der Waals surface area contributed by atoms with E-state index in [1.165, 1.54) is 10.8 Å². The summed E-state index contributed by atoms with van der Waals surface area (Å²) >= 11 is 0. The quantitative estimate of drug-likeness (QED) is 0.776. The predicted octanol–water partition coefficient (Wildman–Crippen LogP) is 2.48. The molecule has 0 heterocycles. The second-order valence-corrected chi connectivity index (χ2v) is 3.21. The van der Waals surface area contributed by atoms with E-state index in [1.807, 2.05) is 24.3 Å². The Morgan fingerprint density at radius 2 is 1.60 bits per heavy atom. The Bertz CT molecular complexity index is 482. The third-order valence-electron chi connectivity index (χ3n) is 2.15. The van der Waals surface area contributed by atoms with Crippen molar-refractivity contribution in [3.63, 3.8) is 0 Å². The molecule has 0 fully saturated rings. The van der Waals surface area contributed by atoms with Gasteiger partial charge in [0.25, 0.3) is 0 Å². The molecule has 0 spiro atoms. The zero-order chi connectivity index (χ0) is 9.97. The maximum absolute atomic E-state index is 5.45. The van der Waals surface area contributed by atoms with Crippen molar-refractivity contribution < 1.29 is 0 Å². The van der Waals surface area contributed by atoms with Crippen molar-refractivity contribution in [2.45, 2.75) is 0 Å². The van der Waals surface area contributed by atoms with Crippen molar-refractivity contribution in [3.05, 3.63) is 53.8 Å². The van der Waals surface area contributed by atoms with E-state index in [-0.39, 0.29) is 12.4 Å². The zero-order valence-electron chi connectivity index (χ0n) is 8.18. The third kappa shape index (κ3) is 2.42. The molecule has 15 heavy (non-hydrogen) atoms. The van der Waals surface area contributed by atoms with E-state index in [1.54, 1.807) is 6.08 Å². The Morgan fingerprint density at radius 1 is 0.933 bits per heavy atom. The molecule has 4 N–H and O–H groups in total. The first kappa shape index (κ1) is 11.4. The molecule has 2 aromatic carbocycles. The van der Waals surface area contributed by atoms with Gasteiger partial charge in [-0.15, -0.1) is 12.4 Å². The number of benzene rings is 2. The molecule has 3 heteroatoms. The fourth-order valence-electron chi connectivity index (χ4n) is 1.56. The van der Waals surface area contributed by atoms with Gasteiger partial charge in [0, 0.05) is 0 Å². The van der Waals surface area contributed by atoms with Gasteiger partial charge >= 0.3 is 0 Å². The van der Waals surface area contributed by atoms with Crippen molar-refractivity contribution in [1.29, 1.82) is 0 Å². The molecule has 0 atom stereocenters. The second kappa shape index (κ2) is 4.71. The molecule has 0 aliphatic rings. The highest BCUT2D eigenvalue weighted by Gasteiger charge is 1.96. The minimum Gasteiger partial charge on any atom is -0.386 e. The van der Waals surface area contributed by atoms with Crippen LogP contribution in [0.4, 0.5) is 0 Å². The van der Waals surface area contributed by atoms with Gasteiger partial charge in [0.05, 0.1) is 5.82 Å². The molecule has 0 aliphatic carbocycles. The molecule has 0 bridgehead atoms. The van der Waals surface area contributed by atoms with Crippen LogP contribution in [-0.2, 0) is 0 Å². The number of halogens is 1. The van der Waals surface area contributed by atoms with Crippen molar-refractivity contribution in [3.8, 4) is 0 Å². The van der Waals surface area contributed by atoms with E-state index < -0.39 is 0 Å². The van der Waals surface area contributed by atoms with Crippen LogP contribution in [0, 0.1) is 0 Å². The third-order valence-corrected chi connectivity index (χ3v) is 2.15. The van der Waals surface area contributed by atoms with Crippen molar-refractivity contribution in [1.82, 2.24) is 0 Å². The lowest BCUT2D eigenvalue weighted by molar-refractivity contribution is 1.28. The molecule has 0 amide bonds. The number of fused-ring (bicyclic) bond motifs is 1. The number of hydrogen-bond acceptors (Lipinski definition) is 2. The predicted molar refractivity (Wildman–Crippen MR) is 67.5 cm³/mol. The molecule has 2 nitrogen and oxygen atoms in total. The van der Waals surface area contributed by atoms with Gasteiger partial charge in [-0.3, -0.25) is 0 Å². The highest BCUT2D eigenvalue weighted by atomic mass is 35.5. The zero-order valence-corrected chi connectivity index (χ0v) is 9.00. The van der Waals surface area contributed by atoms with Crippen LogP contribution in [0.15, 0.2) is 48.3 Å². The van der Waals surface area contributed by atoms with Crippen LogP contribution in [0.5, 0.6) is 0 Å². The molecule has 2 rings (SSSR count). The lowest BCUT2D eigenvalue weighted by Crippen LogP contribution is -2.06. The summed E-state index contributed by atoms with van der Waals surface area (Å²) in [5.74, 6) is 0.335. The standard InChI is InChI=1S/C12H12N2.ClH/c13-12(14)8-10-6-3-5-9-4-1-2-7-11(9)10;/h1-8H,13-14H2;1H. The summed E-state index contributed by atoms with van der Waals surface area (Å²) < 4.78 is 0. The van der Waals surface area contributed by atoms with Crippen molar-refractivity contribution in [2.24, 2.45) is 11.5 Å². The summed E-state index contributed by atoms with van der Waals surface area (Å²) in [7, 11) is 0. The molecule has 0 saturated heterocycles. The molecular formula is C12H13ClN2. The van der Waals surface area contributed by atoms with E-state index in [0.29, 0.717) is 5.82 Å². The smallest absolute Gasteiger partial charge is 0.0939 e. The maximum Gasteiger partial charge on any atom is 0.0939 e. The molecule has 0 aliphatic heterocycles. The van der Waals surface area contributed by atoms with Gasteiger partial charge in [-0.05, 0) is 22.4 Å². The molecule has 0 unspecified atom stereocenters. The largest absolute Gasteiger partial charge is 0.386 e. The van der Waals surface area contributed by atoms with E-state index in [2.05, 4.69) is 18.2 Å². The normalized spacial score (nSPS) is 9.33. The fourth-order valence-corrected chi connectivity index (χ4v) is 1.56. The van der Waals surface area contributed by atoms with Gasteiger partial charge in [-0.25, -0.2) is 0 Å². The van der Waals surface area contributed by atoms with Gasteiger partial charge < -0.3 is 11.5 Å². The Hall–Kier alpha value is -1.67. The molecular weight excluding hydrogens is 208 g/mol. The van der Waals surface area contributed by atoms with Gasteiger partial charge in [0.2, 0.25) is 0 Å². The summed E-state index contributed by atoms with van der Waals surface area (Å²) in [4.78, 5) is 0. The second-order valence-electron chi connectivity index (χ2n) is 3.21. The van der Waals surface area contributed by atoms with E-state index in [4.69, 9.17) is 11.5 Å². The molecule has 2 aromatic rings. The minimum atomic E-state index is 0. The minimum absolute atomic E-state index is 0. The lowest BCUT2D eigenvalue weighted by atomic mass is 10.0. The first-order valence-electron chi connectivity index (χ1n) is 4.48. The summed E-state index contributed by atoms with van der Waals surface area (Å²) in [6.07, 6.45) is 1.78. The molecule has 78 valence electrons. The Kier molecular flexibility index (Phi) is 3.58. The van der Waals surface area contributed by atoms with E-state index in [9.17, 15) is 0 Å². The van der Waals surface area contributed by atoms with Crippen molar-refractivity contribution in [2.75, 3.05) is 0 Å². The van der Waals surface area contributed by atoms with Crippen LogP contribution >= 0.6 is 12.4 Å².